The summed E-state index contributed by atoms with van der Waals surface area (Å²) in [5.41, 5.74) is 0.866. The van der Waals surface area contributed by atoms with Gasteiger partial charge in [-0.1, -0.05) is 11.8 Å². The fraction of sp³-hybridized carbons (Fsp3) is 0.385. The van der Waals surface area contributed by atoms with Crippen LogP contribution in [-0.2, 0) is 0 Å². The first-order valence-electron chi connectivity index (χ1n) is 6.91. The summed E-state index contributed by atoms with van der Waals surface area (Å²) in [4.78, 5) is 7.27. The smallest absolute Gasteiger partial charge is 0.167 e. The summed E-state index contributed by atoms with van der Waals surface area (Å²) in [5.74, 6) is -1.01. The Morgan fingerprint density at radius 3 is 2.86 bits per heavy atom. The van der Waals surface area contributed by atoms with E-state index >= 15 is 0 Å². The number of fused-ring (bicyclic) bond motifs is 1. The third-order valence-corrected chi connectivity index (χ3v) is 4.55. The highest BCUT2D eigenvalue weighted by Gasteiger charge is 2.30. The Kier molecular flexibility index (Phi) is 3.10. The number of hydrogen-bond donors (Lipinski definition) is 1. The molecular weight excluding hydrogens is 310 g/mol. The van der Waals surface area contributed by atoms with E-state index in [-0.39, 0.29) is 5.25 Å². The van der Waals surface area contributed by atoms with Crippen LogP contribution in [0.1, 0.15) is 36.9 Å². The van der Waals surface area contributed by atoms with E-state index in [4.69, 9.17) is 0 Å². The van der Waals surface area contributed by atoms with Crippen LogP contribution in [-0.4, -0.2) is 30.2 Å². The minimum absolute atomic E-state index is 0.0224. The van der Waals surface area contributed by atoms with Crippen molar-refractivity contribution >= 4 is 22.8 Å². The van der Waals surface area contributed by atoms with Gasteiger partial charge in [0.25, 0.3) is 0 Å². The lowest BCUT2D eigenvalue weighted by Crippen LogP contribution is -2.05. The van der Waals surface area contributed by atoms with Crippen LogP contribution in [0.4, 0.5) is 8.78 Å². The van der Waals surface area contributed by atoms with E-state index in [9.17, 15) is 8.78 Å². The van der Waals surface area contributed by atoms with E-state index in [0.717, 1.165) is 30.8 Å². The van der Waals surface area contributed by atoms with Gasteiger partial charge in [-0.15, -0.1) is 5.10 Å². The Labute approximate surface area is 128 Å². The Morgan fingerprint density at radius 1 is 1.32 bits per heavy atom. The zero-order valence-electron chi connectivity index (χ0n) is 11.6. The van der Waals surface area contributed by atoms with Gasteiger partial charge < -0.3 is 4.98 Å². The Hall–Kier alpha value is -2.03. The molecule has 2 aromatic heterocycles. The molecule has 0 unspecified atom stereocenters. The van der Waals surface area contributed by atoms with Crippen molar-refractivity contribution in [3.05, 3.63) is 29.6 Å². The molecule has 114 valence electrons. The van der Waals surface area contributed by atoms with Crippen LogP contribution in [0.5, 0.6) is 0 Å². The summed E-state index contributed by atoms with van der Waals surface area (Å²) in [6, 6.07) is 2.59. The zero-order valence-corrected chi connectivity index (χ0v) is 12.4. The topological polar surface area (TPSA) is 72.3 Å². The third kappa shape index (κ3) is 2.35. The second kappa shape index (κ2) is 5.01. The maximum absolute atomic E-state index is 13.2. The van der Waals surface area contributed by atoms with Gasteiger partial charge in [0, 0.05) is 12.1 Å². The first-order chi connectivity index (χ1) is 10.6. The summed E-state index contributed by atoms with van der Waals surface area (Å²) < 4.78 is 28.3. The molecule has 1 saturated carbocycles. The highest BCUT2D eigenvalue weighted by molar-refractivity contribution is 7.99. The summed E-state index contributed by atoms with van der Waals surface area (Å²) in [6.07, 6.45) is 2.19. The molecule has 1 N–H and O–H groups in total. The van der Waals surface area contributed by atoms with Crippen molar-refractivity contribution in [3.8, 4) is 0 Å². The van der Waals surface area contributed by atoms with Crippen molar-refractivity contribution in [3.63, 3.8) is 0 Å². The first-order valence-corrected chi connectivity index (χ1v) is 7.79. The molecular formula is C13H12F2N6S. The van der Waals surface area contributed by atoms with Gasteiger partial charge in [0.05, 0.1) is 22.3 Å². The van der Waals surface area contributed by atoms with E-state index in [1.807, 2.05) is 11.6 Å². The minimum atomic E-state index is -0.902. The largest absolute Gasteiger partial charge is 0.333 e. The second-order valence-electron chi connectivity index (χ2n) is 5.30. The zero-order chi connectivity index (χ0) is 15.3. The second-order valence-corrected chi connectivity index (χ2v) is 6.63. The minimum Gasteiger partial charge on any atom is -0.333 e. The lowest BCUT2D eigenvalue weighted by atomic mass is 10.3. The van der Waals surface area contributed by atoms with Gasteiger partial charge in [-0.25, -0.2) is 18.4 Å². The predicted molar refractivity (Wildman–Crippen MR) is 76.4 cm³/mol. The molecule has 1 atom stereocenters. The number of aromatic amines is 1. The number of tetrazole rings is 1. The predicted octanol–water partition coefficient (Wildman–Crippen LogP) is 3.02. The fourth-order valence-electron chi connectivity index (χ4n) is 2.30. The molecule has 2 heterocycles. The lowest BCUT2D eigenvalue weighted by molar-refractivity contribution is 0.510. The first kappa shape index (κ1) is 13.6. The van der Waals surface area contributed by atoms with E-state index in [0.29, 0.717) is 22.2 Å². The number of nitrogens with zero attached hydrogens (tertiary/aromatic N) is 5. The standard InChI is InChI=1S/C13H12F2N6S/c1-6(12-18-19-20-21(12)7-2-3-7)22-13-16-10-4-8(14)9(15)5-11(10)17-13/h4-7H,2-3H2,1H3,(H,16,17)/t6-/m0/s1. The Bertz CT molecular complexity index is 801. The number of benzene rings is 1. The summed E-state index contributed by atoms with van der Waals surface area (Å²) in [6.45, 7) is 1.98. The molecule has 1 fully saturated rings. The van der Waals surface area contributed by atoms with Crippen molar-refractivity contribution in [2.24, 2.45) is 0 Å². The van der Waals surface area contributed by atoms with Crippen LogP contribution in [0, 0.1) is 11.6 Å². The van der Waals surface area contributed by atoms with Gasteiger partial charge in [0.2, 0.25) is 0 Å². The monoisotopic (exact) mass is 322 g/mol. The van der Waals surface area contributed by atoms with Crippen LogP contribution >= 0.6 is 11.8 Å². The Balaban J connectivity index is 1.61. The molecule has 4 rings (SSSR count). The molecule has 1 aromatic carbocycles. The maximum Gasteiger partial charge on any atom is 0.167 e. The van der Waals surface area contributed by atoms with Gasteiger partial charge >= 0.3 is 0 Å². The van der Waals surface area contributed by atoms with Gasteiger partial charge in [-0.05, 0) is 30.2 Å². The molecule has 1 aliphatic rings. The maximum atomic E-state index is 13.2. The van der Waals surface area contributed by atoms with Crippen molar-refractivity contribution in [1.82, 2.24) is 30.2 Å². The highest BCUT2D eigenvalue weighted by atomic mass is 32.2. The van der Waals surface area contributed by atoms with Gasteiger partial charge in [0.1, 0.15) is 0 Å². The number of hydrogen-bond acceptors (Lipinski definition) is 5. The SMILES string of the molecule is C[C@H](Sc1nc2cc(F)c(F)cc2[nH]1)c1nnnn1C1CC1. The molecule has 22 heavy (non-hydrogen) atoms. The normalized spacial score (nSPS) is 16.3. The average Bonchev–Trinajstić information content (AvgIpc) is 3.07. The molecule has 0 amide bonds. The van der Waals surface area contributed by atoms with Crippen LogP contribution in [0.3, 0.4) is 0 Å². The number of thioether (sulfide) groups is 1. The van der Waals surface area contributed by atoms with E-state index in [2.05, 4.69) is 25.5 Å². The third-order valence-electron chi connectivity index (χ3n) is 3.57. The lowest BCUT2D eigenvalue weighted by Gasteiger charge is -2.08. The average molecular weight is 322 g/mol. The van der Waals surface area contributed by atoms with Crippen LogP contribution in [0.15, 0.2) is 17.3 Å². The molecule has 6 nitrogen and oxygen atoms in total. The number of aromatic nitrogens is 6. The number of nitrogens with one attached hydrogen (secondary N) is 1. The Morgan fingerprint density at radius 2 is 2.09 bits per heavy atom. The van der Waals surface area contributed by atoms with Crippen molar-refractivity contribution in [2.45, 2.75) is 36.2 Å². The molecule has 0 spiro atoms. The summed E-state index contributed by atoms with van der Waals surface area (Å²) in [7, 11) is 0. The van der Waals surface area contributed by atoms with Gasteiger partial charge in [-0.2, -0.15) is 0 Å². The van der Waals surface area contributed by atoms with Crippen molar-refractivity contribution < 1.29 is 8.78 Å². The number of imidazole rings is 1. The number of rotatable bonds is 4. The number of H-pyrrole nitrogens is 1. The molecule has 0 aliphatic heterocycles. The molecule has 1 aliphatic carbocycles. The summed E-state index contributed by atoms with van der Waals surface area (Å²) in [5, 5.41) is 12.4. The quantitative estimate of drug-likeness (QED) is 0.748. The molecule has 0 saturated heterocycles. The molecule has 0 bridgehead atoms. The summed E-state index contributed by atoms with van der Waals surface area (Å²) >= 11 is 1.42. The van der Waals surface area contributed by atoms with E-state index in [1.54, 1.807) is 0 Å². The van der Waals surface area contributed by atoms with E-state index < -0.39 is 11.6 Å². The van der Waals surface area contributed by atoms with Crippen LogP contribution in [0.25, 0.3) is 11.0 Å². The molecule has 3 aromatic rings. The number of halogens is 2. The van der Waals surface area contributed by atoms with Crippen LogP contribution < -0.4 is 0 Å². The van der Waals surface area contributed by atoms with E-state index in [1.165, 1.54) is 11.8 Å². The molecule has 9 heteroatoms. The van der Waals surface area contributed by atoms with Crippen molar-refractivity contribution in [2.75, 3.05) is 0 Å². The molecule has 0 radical (unpaired) electrons. The highest BCUT2D eigenvalue weighted by Crippen LogP contribution is 2.39. The van der Waals surface area contributed by atoms with Crippen LogP contribution in [0.2, 0.25) is 0 Å². The van der Waals surface area contributed by atoms with Gasteiger partial charge in [-0.3, -0.25) is 0 Å². The van der Waals surface area contributed by atoms with Gasteiger partial charge in [0.15, 0.2) is 22.6 Å². The van der Waals surface area contributed by atoms with Crippen molar-refractivity contribution in [1.29, 1.82) is 0 Å². The fourth-order valence-corrected chi connectivity index (χ4v) is 3.22.